The fourth-order valence-corrected chi connectivity index (χ4v) is 6.29. The number of nitrogens with zero attached hydrogens (tertiary/aromatic N) is 2. The second kappa shape index (κ2) is 13.8. The number of sulfonamides is 1. The third-order valence-electron chi connectivity index (χ3n) is 6.32. The highest BCUT2D eigenvalue weighted by atomic mass is 32.2. The van der Waals surface area contributed by atoms with E-state index in [1.54, 1.807) is 65.9 Å². The smallest absolute Gasteiger partial charge is 0.408 e. The molecule has 0 bridgehead atoms. The van der Waals surface area contributed by atoms with Crippen molar-refractivity contribution in [2.45, 2.75) is 89.4 Å². The lowest BCUT2D eigenvalue weighted by atomic mass is 10.0. The number of hydrogen-bond donors (Lipinski definition) is 3. The molecule has 1 unspecified atom stereocenters. The Morgan fingerprint density at radius 2 is 1.68 bits per heavy atom. The number of carbonyl (C=O) groups excluding carboxylic acids is 2. The summed E-state index contributed by atoms with van der Waals surface area (Å²) in [5.41, 5.74) is -0.715. The number of rotatable bonds is 9. The SMILES string of the molecule is CC(C)(C)OC(=O)NCCCCC(NC(=O)OC(C)(C)C)c1nccc2c(S(=O)(=O)N3CCCNCC3)cccc12. The van der Waals surface area contributed by atoms with E-state index in [9.17, 15) is 18.0 Å². The van der Waals surface area contributed by atoms with Crippen molar-refractivity contribution in [3.8, 4) is 0 Å². The summed E-state index contributed by atoms with van der Waals surface area (Å²) in [5, 5.41) is 10.1. The predicted octanol–water partition coefficient (Wildman–Crippen LogP) is 4.48. The summed E-state index contributed by atoms with van der Waals surface area (Å²) in [6.07, 6.45) is 3.03. The standard InChI is InChI=1S/C29H45N5O6S/c1-28(2,3)39-26(35)32-16-8-7-12-23(33-27(36)40-29(4,5)6)25-22-11-9-13-24(21(22)14-17-31-25)41(37,38)34-19-10-15-30-18-20-34/h9,11,13-14,17,23,30H,7-8,10,12,15-16,18-20H2,1-6H3,(H,32,35)(H,33,36). The Balaban J connectivity index is 1.86. The van der Waals surface area contributed by atoms with Crippen LogP contribution >= 0.6 is 0 Å². The topological polar surface area (TPSA) is 139 Å². The first-order chi connectivity index (χ1) is 19.2. The maximum atomic E-state index is 13.7. The summed E-state index contributed by atoms with van der Waals surface area (Å²) in [6.45, 7) is 13.4. The molecule has 0 radical (unpaired) electrons. The Hall–Kier alpha value is -2.96. The number of pyridine rings is 1. The van der Waals surface area contributed by atoms with Gasteiger partial charge in [0.15, 0.2) is 0 Å². The molecule has 3 rings (SSSR count). The lowest BCUT2D eigenvalue weighted by molar-refractivity contribution is 0.0498. The molecule has 1 aromatic heterocycles. The van der Waals surface area contributed by atoms with Gasteiger partial charge in [0.2, 0.25) is 10.0 Å². The highest BCUT2D eigenvalue weighted by Gasteiger charge is 2.29. The van der Waals surface area contributed by atoms with Crippen molar-refractivity contribution in [3.63, 3.8) is 0 Å². The van der Waals surface area contributed by atoms with Crippen LogP contribution in [-0.4, -0.2) is 73.8 Å². The molecule has 0 saturated carbocycles. The average molecular weight is 592 g/mol. The Morgan fingerprint density at radius 1 is 0.976 bits per heavy atom. The Kier molecular flexibility index (Phi) is 11.0. The molecule has 0 aliphatic carbocycles. The van der Waals surface area contributed by atoms with Gasteiger partial charge in [-0.3, -0.25) is 4.98 Å². The van der Waals surface area contributed by atoms with Crippen molar-refractivity contribution in [1.82, 2.24) is 25.2 Å². The number of alkyl carbamates (subject to hydrolysis) is 2. The number of benzene rings is 1. The zero-order chi connectivity index (χ0) is 30.3. The van der Waals surface area contributed by atoms with Gasteiger partial charge in [0.1, 0.15) is 11.2 Å². The summed E-state index contributed by atoms with van der Waals surface area (Å²) in [6, 6.07) is 6.32. The monoisotopic (exact) mass is 591 g/mol. The van der Waals surface area contributed by atoms with Crippen LogP contribution in [-0.2, 0) is 19.5 Å². The predicted molar refractivity (Wildman–Crippen MR) is 158 cm³/mol. The molecule has 0 spiro atoms. The number of amides is 2. The molecular weight excluding hydrogens is 546 g/mol. The minimum Gasteiger partial charge on any atom is -0.444 e. The van der Waals surface area contributed by atoms with E-state index in [4.69, 9.17) is 9.47 Å². The van der Waals surface area contributed by atoms with Crippen LogP contribution in [0.2, 0.25) is 0 Å². The van der Waals surface area contributed by atoms with E-state index < -0.39 is 39.5 Å². The van der Waals surface area contributed by atoms with Crippen LogP contribution in [0.15, 0.2) is 35.4 Å². The van der Waals surface area contributed by atoms with Crippen LogP contribution in [0.1, 0.15) is 79.0 Å². The molecule has 2 amide bonds. The van der Waals surface area contributed by atoms with Crippen LogP contribution in [0.4, 0.5) is 9.59 Å². The first-order valence-electron chi connectivity index (χ1n) is 14.2. The fraction of sp³-hybridized carbons (Fsp3) is 0.621. The van der Waals surface area contributed by atoms with Crippen molar-refractivity contribution < 1.29 is 27.5 Å². The van der Waals surface area contributed by atoms with Gasteiger partial charge in [-0.1, -0.05) is 12.1 Å². The normalized spacial score (nSPS) is 16.0. The minimum absolute atomic E-state index is 0.220. The highest BCUT2D eigenvalue weighted by molar-refractivity contribution is 7.89. The van der Waals surface area contributed by atoms with Gasteiger partial charge in [-0.2, -0.15) is 4.31 Å². The number of aromatic nitrogens is 1. The van der Waals surface area contributed by atoms with Crippen LogP contribution in [0.3, 0.4) is 0 Å². The largest absolute Gasteiger partial charge is 0.444 e. The van der Waals surface area contributed by atoms with E-state index in [-0.39, 0.29) is 4.90 Å². The van der Waals surface area contributed by atoms with E-state index in [0.29, 0.717) is 61.9 Å². The molecule has 1 fully saturated rings. The molecule has 12 heteroatoms. The number of unbranched alkanes of at least 4 members (excludes halogenated alkanes) is 1. The molecule has 2 aromatic rings. The second-order valence-electron chi connectivity index (χ2n) is 12.2. The number of hydrogen-bond acceptors (Lipinski definition) is 8. The van der Waals surface area contributed by atoms with E-state index >= 15 is 0 Å². The zero-order valence-corrected chi connectivity index (χ0v) is 25.9. The van der Waals surface area contributed by atoms with Crippen molar-refractivity contribution >= 4 is 33.0 Å². The maximum Gasteiger partial charge on any atom is 0.408 e. The van der Waals surface area contributed by atoms with Gasteiger partial charge < -0.3 is 25.4 Å². The molecule has 41 heavy (non-hydrogen) atoms. The van der Waals surface area contributed by atoms with Crippen molar-refractivity contribution in [2.24, 2.45) is 0 Å². The van der Waals surface area contributed by atoms with E-state index in [2.05, 4.69) is 20.9 Å². The molecular formula is C29H45N5O6S. The summed E-state index contributed by atoms with van der Waals surface area (Å²) >= 11 is 0. The lowest BCUT2D eigenvalue weighted by Crippen LogP contribution is -2.36. The van der Waals surface area contributed by atoms with Gasteiger partial charge in [-0.15, -0.1) is 0 Å². The number of nitrogens with one attached hydrogen (secondary N) is 3. The molecule has 3 N–H and O–H groups in total. The van der Waals surface area contributed by atoms with Crippen LogP contribution < -0.4 is 16.0 Å². The number of carbonyl (C=O) groups is 2. The maximum absolute atomic E-state index is 13.7. The molecule has 1 aliphatic rings. The molecule has 1 saturated heterocycles. The fourth-order valence-electron chi connectivity index (χ4n) is 4.61. The number of fused-ring (bicyclic) bond motifs is 1. The first kappa shape index (κ1) is 32.6. The quantitative estimate of drug-likeness (QED) is 0.363. The van der Waals surface area contributed by atoms with E-state index in [0.717, 1.165) is 13.0 Å². The third kappa shape index (κ3) is 9.82. The van der Waals surface area contributed by atoms with Gasteiger partial charge in [0, 0.05) is 43.1 Å². The summed E-state index contributed by atoms with van der Waals surface area (Å²) in [5.74, 6) is 0. The molecule has 2 heterocycles. The van der Waals surface area contributed by atoms with Crippen LogP contribution in [0.25, 0.3) is 10.8 Å². The third-order valence-corrected chi connectivity index (χ3v) is 8.28. The zero-order valence-electron chi connectivity index (χ0n) is 25.1. The molecule has 1 aliphatic heterocycles. The molecule has 228 valence electrons. The van der Waals surface area contributed by atoms with Gasteiger partial charge in [-0.25, -0.2) is 18.0 Å². The summed E-state index contributed by atoms with van der Waals surface area (Å²) in [4.78, 5) is 29.6. The Morgan fingerprint density at radius 3 is 2.39 bits per heavy atom. The van der Waals surface area contributed by atoms with Gasteiger partial charge in [0.05, 0.1) is 16.6 Å². The van der Waals surface area contributed by atoms with E-state index in [1.165, 1.54) is 4.31 Å². The highest BCUT2D eigenvalue weighted by Crippen LogP contribution is 2.31. The molecule has 1 atom stereocenters. The van der Waals surface area contributed by atoms with Gasteiger partial charge >= 0.3 is 12.2 Å². The molecule has 11 nitrogen and oxygen atoms in total. The van der Waals surface area contributed by atoms with Crippen LogP contribution in [0, 0.1) is 0 Å². The van der Waals surface area contributed by atoms with Crippen molar-refractivity contribution in [2.75, 3.05) is 32.7 Å². The van der Waals surface area contributed by atoms with E-state index in [1.807, 2.05) is 6.07 Å². The Bertz CT molecular complexity index is 1290. The first-order valence-corrected chi connectivity index (χ1v) is 15.7. The van der Waals surface area contributed by atoms with Crippen molar-refractivity contribution in [3.05, 3.63) is 36.2 Å². The van der Waals surface area contributed by atoms with Crippen LogP contribution in [0.5, 0.6) is 0 Å². The summed E-state index contributed by atoms with van der Waals surface area (Å²) in [7, 11) is -3.75. The van der Waals surface area contributed by atoms with Crippen molar-refractivity contribution in [1.29, 1.82) is 0 Å². The van der Waals surface area contributed by atoms with Gasteiger partial charge in [0.25, 0.3) is 0 Å². The minimum atomic E-state index is -3.75. The second-order valence-corrected chi connectivity index (χ2v) is 14.1. The lowest BCUT2D eigenvalue weighted by Gasteiger charge is -2.25. The summed E-state index contributed by atoms with van der Waals surface area (Å²) < 4.78 is 39.7. The average Bonchev–Trinajstić information content (AvgIpc) is 3.15. The number of ether oxygens (including phenoxy) is 2. The molecule has 1 aromatic carbocycles. The van der Waals surface area contributed by atoms with Gasteiger partial charge in [-0.05, 0) is 85.9 Å². The Labute approximate surface area is 243 Å².